The molecule has 4 aromatic rings. The van der Waals surface area contributed by atoms with E-state index in [-0.39, 0.29) is 23.3 Å². The Morgan fingerprint density at radius 2 is 1.68 bits per heavy atom. The number of fused-ring (bicyclic) bond motifs is 1. The number of alkyl halides is 5. The first-order chi connectivity index (χ1) is 19.0. The number of benzene rings is 2. The number of urea groups is 1. The topological polar surface area (TPSA) is 93.1 Å². The third-order valence-corrected chi connectivity index (χ3v) is 6.48. The molecule has 0 spiro atoms. The van der Waals surface area contributed by atoms with Gasteiger partial charge in [-0.2, -0.15) is 27.1 Å². The molecule has 2 aromatic carbocycles. The second-order valence-corrected chi connectivity index (χ2v) is 9.40. The zero-order valence-corrected chi connectivity index (χ0v) is 21.2. The van der Waals surface area contributed by atoms with E-state index in [4.69, 9.17) is 4.74 Å². The maximum atomic E-state index is 14.1. The van der Waals surface area contributed by atoms with E-state index in [2.05, 4.69) is 26.0 Å². The predicted molar refractivity (Wildman–Crippen MR) is 139 cm³/mol. The smallest absolute Gasteiger partial charge is 0.459 e. The van der Waals surface area contributed by atoms with Crippen molar-refractivity contribution in [2.24, 2.45) is 0 Å². The predicted octanol–water partition coefficient (Wildman–Crippen LogP) is 6.16. The maximum Gasteiger partial charge on any atom is 0.459 e. The zero-order chi connectivity index (χ0) is 28.5. The fourth-order valence-corrected chi connectivity index (χ4v) is 4.35. The number of aryl methyl sites for hydroxylation is 1. The van der Waals surface area contributed by atoms with Crippen molar-refractivity contribution >= 4 is 28.3 Å². The van der Waals surface area contributed by atoms with Crippen LogP contribution in [0.4, 0.5) is 38.3 Å². The van der Waals surface area contributed by atoms with Crippen LogP contribution in [0.1, 0.15) is 24.1 Å². The van der Waals surface area contributed by atoms with Gasteiger partial charge < -0.3 is 15.4 Å². The number of halogens is 5. The first-order valence-corrected chi connectivity index (χ1v) is 12.5. The minimum atomic E-state index is -5.87. The molecule has 1 aliphatic heterocycles. The Hall–Kier alpha value is -4.26. The summed E-state index contributed by atoms with van der Waals surface area (Å²) in [6, 6.07) is 12.9. The molecule has 0 aliphatic carbocycles. The molecule has 40 heavy (non-hydrogen) atoms. The highest BCUT2D eigenvalue weighted by atomic mass is 19.4. The molecule has 5 rings (SSSR count). The molecule has 210 valence electrons. The van der Waals surface area contributed by atoms with E-state index in [9.17, 15) is 26.7 Å². The number of carbonyl (C=O) groups excluding carboxylic acids is 1. The van der Waals surface area contributed by atoms with Crippen molar-refractivity contribution in [1.29, 1.82) is 0 Å². The van der Waals surface area contributed by atoms with E-state index in [1.165, 1.54) is 18.3 Å². The molecule has 8 nitrogen and oxygen atoms in total. The number of nitrogens with zero attached hydrogens (tertiary/aromatic N) is 3. The highest BCUT2D eigenvalue weighted by Crippen LogP contribution is 2.44. The third kappa shape index (κ3) is 5.55. The van der Waals surface area contributed by atoms with E-state index >= 15 is 0 Å². The number of piperidine rings is 1. The number of anilines is 2. The van der Waals surface area contributed by atoms with Crippen LogP contribution in [-0.4, -0.2) is 46.2 Å². The Labute approximate surface area is 225 Å². The Balaban J connectivity index is 1.43. The molecule has 0 saturated carbocycles. The summed E-state index contributed by atoms with van der Waals surface area (Å²) < 4.78 is 74.4. The number of pyridine rings is 1. The standard InChI is InChI=1S/C27H25F5N6O2/c1-16-6-8-17(9-7-16)38-23(14-22(37-38)26(28,29)27(30,31)32)36-25(39)35-21-15-34-24(20-5-3-2-4-19(20)21)40-18-10-12-33-13-11-18/h2-9,14-15,18,33H,10-13H2,1H3,(H2,35,36,39). The molecule has 13 heteroatoms. The van der Waals surface area contributed by atoms with E-state index in [0.29, 0.717) is 22.7 Å². The molecule has 1 aliphatic rings. The van der Waals surface area contributed by atoms with Crippen LogP contribution in [0.2, 0.25) is 0 Å². The Morgan fingerprint density at radius 3 is 2.35 bits per heavy atom. The van der Waals surface area contributed by atoms with Gasteiger partial charge in [-0.25, -0.2) is 14.5 Å². The van der Waals surface area contributed by atoms with Gasteiger partial charge in [0.1, 0.15) is 17.6 Å². The molecule has 1 fully saturated rings. The molecule has 2 aromatic heterocycles. The normalized spacial score (nSPS) is 14.8. The largest absolute Gasteiger partial charge is 0.474 e. The van der Waals surface area contributed by atoms with Crippen molar-refractivity contribution in [2.75, 3.05) is 23.7 Å². The average molecular weight is 561 g/mol. The summed E-state index contributed by atoms with van der Waals surface area (Å²) >= 11 is 0. The molecule has 0 atom stereocenters. The average Bonchev–Trinajstić information content (AvgIpc) is 3.35. The van der Waals surface area contributed by atoms with Crippen molar-refractivity contribution in [3.8, 4) is 11.6 Å². The number of hydrogen-bond donors (Lipinski definition) is 3. The monoisotopic (exact) mass is 560 g/mol. The zero-order valence-electron chi connectivity index (χ0n) is 21.2. The molecule has 2 amide bonds. The summed E-state index contributed by atoms with van der Waals surface area (Å²) in [5, 5.41) is 13.0. The first-order valence-electron chi connectivity index (χ1n) is 12.5. The summed E-state index contributed by atoms with van der Waals surface area (Å²) in [4.78, 5) is 17.4. The van der Waals surface area contributed by atoms with Gasteiger partial charge >= 0.3 is 18.1 Å². The van der Waals surface area contributed by atoms with Crippen molar-refractivity contribution in [1.82, 2.24) is 20.1 Å². The molecule has 0 bridgehead atoms. The van der Waals surface area contributed by atoms with Crippen molar-refractivity contribution in [3.05, 3.63) is 72.1 Å². The minimum Gasteiger partial charge on any atom is -0.474 e. The Morgan fingerprint density at radius 1 is 1.00 bits per heavy atom. The summed E-state index contributed by atoms with van der Waals surface area (Å²) in [5.41, 5.74) is -0.261. The number of ether oxygens (including phenoxy) is 1. The number of aromatic nitrogens is 3. The molecular formula is C27H25F5N6O2. The molecule has 3 N–H and O–H groups in total. The fourth-order valence-electron chi connectivity index (χ4n) is 4.35. The number of nitrogens with one attached hydrogen (secondary N) is 3. The lowest BCUT2D eigenvalue weighted by Gasteiger charge is -2.24. The summed E-state index contributed by atoms with van der Waals surface area (Å²) in [5.74, 6) is -5.21. The van der Waals surface area contributed by atoms with Gasteiger partial charge in [-0.3, -0.25) is 5.32 Å². The van der Waals surface area contributed by atoms with Crippen LogP contribution in [0.5, 0.6) is 5.88 Å². The van der Waals surface area contributed by atoms with Crippen LogP contribution in [-0.2, 0) is 5.92 Å². The summed E-state index contributed by atoms with van der Waals surface area (Å²) in [6.45, 7) is 3.44. The Kier molecular flexibility index (Phi) is 7.32. The van der Waals surface area contributed by atoms with E-state index in [1.54, 1.807) is 43.3 Å². The van der Waals surface area contributed by atoms with Gasteiger partial charge in [0, 0.05) is 16.8 Å². The van der Waals surface area contributed by atoms with Crippen LogP contribution in [0, 0.1) is 6.92 Å². The van der Waals surface area contributed by atoms with Crippen LogP contribution in [0.25, 0.3) is 16.5 Å². The van der Waals surface area contributed by atoms with Crippen LogP contribution < -0.4 is 20.7 Å². The lowest BCUT2D eigenvalue weighted by Crippen LogP contribution is -2.34. The van der Waals surface area contributed by atoms with Gasteiger partial charge in [0.25, 0.3) is 0 Å². The Bertz CT molecular complexity index is 1510. The van der Waals surface area contributed by atoms with Gasteiger partial charge in [0.05, 0.1) is 17.6 Å². The number of amides is 2. The quantitative estimate of drug-likeness (QED) is 0.246. The molecule has 3 heterocycles. The van der Waals surface area contributed by atoms with Gasteiger partial charge in [-0.05, 0) is 51.1 Å². The van der Waals surface area contributed by atoms with Crippen molar-refractivity contribution < 1.29 is 31.5 Å². The third-order valence-electron chi connectivity index (χ3n) is 6.48. The van der Waals surface area contributed by atoms with Crippen molar-refractivity contribution in [3.63, 3.8) is 0 Å². The molecular weight excluding hydrogens is 535 g/mol. The lowest BCUT2D eigenvalue weighted by atomic mass is 10.1. The molecule has 1 saturated heterocycles. The molecule has 0 unspecified atom stereocenters. The highest BCUT2D eigenvalue weighted by Gasteiger charge is 2.60. The lowest BCUT2D eigenvalue weighted by molar-refractivity contribution is -0.291. The molecule has 0 radical (unpaired) electrons. The van der Waals surface area contributed by atoms with Gasteiger partial charge in [0.15, 0.2) is 0 Å². The van der Waals surface area contributed by atoms with E-state index in [1.807, 2.05) is 0 Å². The number of carbonyl (C=O) groups is 1. The van der Waals surface area contributed by atoms with Gasteiger partial charge in [-0.1, -0.05) is 35.9 Å². The highest BCUT2D eigenvalue weighted by molar-refractivity contribution is 6.06. The van der Waals surface area contributed by atoms with Gasteiger partial charge in [-0.15, -0.1) is 0 Å². The van der Waals surface area contributed by atoms with E-state index in [0.717, 1.165) is 36.2 Å². The van der Waals surface area contributed by atoms with Crippen molar-refractivity contribution in [2.45, 2.75) is 38.0 Å². The second kappa shape index (κ2) is 10.7. The second-order valence-electron chi connectivity index (χ2n) is 9.40. The SMILES string of the molecule is Cc1ccc(-n2nc(C(F)(F)C(F)(F)F)cc2NC(=O)Nc2cnc(OC3CCNCC3)c3ccccc23)cc1. The van der Waals surface area contributed by atoms with Gasteiger partial charge in [0.2, 0.25) is 5.88 Å². The summed E-state index contributed by atoms with van der Waals surface area (Å²) in [7, 11) is 0. The first kappa shape index (κ1) is 27.3. The maximum absolute atomic E-state index is 14.1. The van der Waals surface area contributed by atoms with Crippen LogP contribution in [0.15, 0.2) is 60.8 Å². The van der Waals surface area contributed by atoms with Crippen LogP contribution in [0.3, 0.4) is 0 Å². The minimum absolute atomic E-state index is 0.00894. The number of rotatable bonds is 6. The van der Waals surface area contributed by atoms with E-state index < -0.39 is 23.8 Å². The summed E-state index contributed by atoms with van der Waals surface area (Å²) in [6.07, 6.45) is -2.84. The fraction of sp³-hybridized carbons (Fsp3) is 0.296. The number of hydrogen-bond acceptors (Lipinski definition) is 5. The van der Waals surface area contributed by atoms with Crippen LogP contribution >= 0.6 is 0 Å².